The molecule has 1 spiro atoms. The molecular formula is C23H25F4N3O. The lowest BCUT2D eigenvalue weighted by Gasteiger charge is -2.48. The minimum atomic E-state index is -4.63. The summed E-state index contributed by atoms with van der Waals surface area (Å²) in [6, 6.07) is 12.0. The lowest BCUT2D eigenvalue weighted by molar-refractivity contribution is -0.137. The number of carbonyl (C=O) groups is 1. The van der Waals surface area contributed by atoms with Gasteiger partial charge >= 0.3 is 12.2 Å². The molecule has 2 amide bonds. The van der Waals surface area contributed by atoms with Crippen LogP contribution in [-0.4, -0.2) is 37.1 Å². The van der Waals surface area contributed by atoms with Crippen LogP contribution >= 0.6 is 0 Å². The summed E-state index contributed by atoms with van der Waals surface area (Å²) >= 11 is 0. The molecule has 1 aliphatic carbocycles. The fourth-order valence-corrected chi connectivity index (χ4v) is 4.97. The van der Waals surface area contributed by atoms with Crippen molar-refractivity contribution in [2.75, 3.05) is 25.5 Å². The van der Waals surface area contributed by atoms with Crippen LogP contribution < -0.4 is 10.2 Å². The van der Waals surface area contributed by atoms with Crippen LogP contribution in [0, 0.1) is 5.82 Å². The molecule has 0 atom stereocenters. The minimum absolute atomic E-state index is 0.130. The van der Waals surface area contributed by atoms with Gasteiger partial charge in [-0.05, 0) is 63.5 Å². The second kappa shape index (κ2) is 7.51. The highest BCUT2D eigenvalue weighted by molar-refractivity contribution is 5.95. The summed E-state index contributed by atoms with van der Waals surface area (Å²) < 4.78 is 53.0. The van der Waals surface area contributed by atoms with Gasteiger partial charge in [-0.25, -0.2) is 9.18 Å². The van der Waals surface area contributed by atoms with Gasteiger partial charge in [0.05, 0.1) is 23.3 Å². The van der Waals surface area contributed by atoms with E-state index in [4.69, 9.17) is 0 Å². The largest absolute Gasteiger partial charge is 0.416 e. The summed E-state index contributed by atoms with van der Waals surface area (Å²) in [6.07, 6.45) is -1.67. The number of amides is 2. The van der Waals surface area contributed by atoms with Crippen molar-refractivity contribution in [3.05, 3.63) is 65.5 Å². The molecule has 2 aromatic carbocycles. The van der Waals surface area contributed by atoms with Gasteiger partial charge < -0.3 is 5.32 Å². The lowest BCUT2D eigenvalue weighted by atomic mass is 9.69. The Morgan fingerprint density at radius 3 is 2.19 bits per heavy atom. The number of halogens is 4. The van der Waals surface area contributed by atoms with Gasteiger partial charge in [-0.1, -0.05) is 30.3 Å². The first-order valence-electron chi connectivity index (χ1n) is 10.3. The summed E-state index contributed by atoms with van der Waals surface area (Å²) in [7, 11) is 4.09. The number of hydrogen-bond acceptors (Lipinski definition) is 2. The monoisotopic (exact) mass is 435 g/mol. The molecule has 1 heterocycles. The van der Waals surface area contributed by atoms with E-state index in [2.05, 4.69) is 22.3 Å². The maximum atomic E-state index is 14.5. The van der Waals surface area contributed by atoms with E-state index in [0.717, 1.165) is 25.0 Å². The fraction of sp³-hybridized carbons (Fsp3) is 0.435. The van der Waals surface area contributed by atoms with Crippen molar-refractivity contribution >= 4 is 11.7 Å². The number of nitrogens with one attached hydrogen (secondary N) is 1. The summed E-state index contributed by atoms with van der Waals surface area (Å²) in [5, 5.41) is 3.00. The van der Waals surface area contributed by atoms with E-state index in [9.17, 15) is 22.4 Å². The number of carbonyl (C=O) groups excluding carboxylic acids is 1. The van der Waals surface area contributed by atoms with Crippen LogP contribution in [-0.2, 0) is 11.7 Å². The van der Waals surface area contributed by atoms with E-state index in [1.54, 1.807) is 0 Å². The Hall–Kier alpha value is -2.61. The number of urea groups is 1. The first-order valence-corrected chi connectivity index (χ1v) is 10.3. The molecule has 4 nitrogen and oxygen atoms in total. The third-order valence-corrected chi connectivity index (χ3v) is 6.85. The number of benzene rings is 2. The predicted octanol–water partition coefficient (Wildman–Crippen LogP) is 5.14. The van der Waals surface area contributed by atoms with Crippen LogP contribution in [0.5, 0.6) is 0 Å². The zero-order chi connectivity index (χ0) is 22.4. The van der Waals surface area contributed by atoms with Gasteiger partial charge in [0.2, 0.25) is 0 Å². The molecule has 0 radical (unpaired) electrons. The third-order valence-electron chi connectivity index (χ3n) is 6.85. The van der Waals surface area contributed by atoms with Crippen molar-refractivity contribution < 1.29 is 22.4 Å². The predicted molar refractivity (Wildman–Crippen MR) is 110 cm³/mol. The minimum Gasteiger partial charge on any atom is -0.330 e. The molecule has 0 aromatic heterocycles. The van der Waals surface area contributed by atoms with Crippen molar-refractivity contribution in [2.24, 2.45) is 0 Å². The number of alkyl halides is 3. The molecule has 1 saturated carbocycles. The Balaban J connectivity index is 1.55. The van der Waals surface area contributed by atoms with Gasteiger partial charge in [0.15, 0.2) is 0 Å². The van der Waals surface area contributed by atoms with E-state index in [1.165, 1.54) is 10.5 Å². The Labute approximate surface area is 178 Å². The Morgan fingerprint density at radius 2 is 1.65 bits per heavy atom. The van der Waals surface area contributed by atoms with Gasteiger partial charge in [-0.3, -0.25) is 9.80 Å². The van der Waals surface area contributed by atoms with E-state index in [0.29, 0.717) is 18.9 Å². The molecule has 4 rings (SSSR count). The average molecular weight is 435 g/mol. The number of hydrogen-bond donors (Lipinski definition) is 1. The van der Waals surface area contributed by atoms with Crippen LogP contribution in [0.15, 0.2) is 48.5 Å². The van der Waals surface area contributed by atoms with Crippen molar-refractivity contribution in [2.45, 2.75) is 42.9 Å². The average Bonchev–Trinajstić information content (AvgIpc) is 3.04. The maximum absolute atomic E-state index is 14.5. The van der Waals surface area contributed by atoms with E-state index >= 15 is 0 Å². The summed E-state index contributed by atoms with van der Waals surface area (Å²) in [4.78, 5) is 16.1. The first kappa shape index (κ1) is 21.6. The number of anilines is 1. The highest BCUT2D eigenvalue weighted by Gasteiger charge is 2.50. The molecular weight excluding hydrogens is 410 g/mol. The standard InChI is InChI=1S/C23H25F4N3O/c1-29(2)22(16-6-4-3-5-7-16)12-10-21(11-13-22)15-30(20(31)28-21)19-9-8-17(14-18(19)24)23(25,26)27/h3-9,14H,10-13,15H2,1-2H3,(H,28,31)/t21-,22-. The summed E-state index contributed by atoms with van der Waals surface area (Å²) in [5.74, 6) is -1.05. The zero-order valence-corrected chi connectivity index (χ0v) is 17.5. The zero-order valence-electron chi connectivity index (χ0n) is 17.5. The van der Waals surface area contributed by atoms with Gasteiger partial charge in [0, 0.05) is 5.54 Å². The third kappa shape index (κ3) is 3.78. The molecule has 1 aliphatic heterocycles. The first-order chi connectivity index (χ1) is 14.6. The second-order valence-corrected chi connectivity index (χ2v) is 8.75. The fourth-order valence-electron chi connectivity index (χ4n) is 4.97. The molecule has 8 heteroatoms. The highest BCUT2D eigenvalue weighted by atomic mass is 19.4. The van der Waals surface area contributed by atoms with Crippen LogP contribution in [0.25, 0.3) is 0 Å². The van der Waals surface area contributed by atoms with Gasteiger partial charge in [0.25, 0.3) is 0 Å². The molecule has 2 aliphatic rings. The van der Waals surface area contributed by atoms with Crippen molar-refractivity contribution in [1.29, 1.82) is 0 Å². The molecule has 2 fully saturated rings. The van der Waals surface area contributed by atoms with Crippen molar-refractivity contribution in [1.82, 2.24) is 10.2 Å². The summed E-state index contributed by atoms with van der Waals surface area (Å²) in [5.41, 5.74) is -0.677. The Kier molecular flexibility index (Phi) is 5.24. The normalized spacial score (nSPS) is 26.5. The topological polar surface area (TPSA) is 35.6 Å². The van der Waals surface area contributed by atoms with Crippen LogP contribution in [0.2, 0.25) is 0 Å². The Bertz CT molecular complexity index is 967. The van der Waals surface area contributed by atoms with E-state index in [-0.39, 0.29) is 17.8 Å². The number of nitrogens with zero attached hydrogens (tertiary/aromatic N) is 2. The molecule has 1 saturated heterocycles. The number of rotatable bonds is 3. The smallest absolute Gasteiger partial charge is 0.330 e. The highest BCUT2D eigenvalue weighted by Crippen LogP contribution is 2.46. The Morgan fingerprint density at radius 1 is 1.00 bits per heavy atom. The second-order valence-electron chi connectivity index (χ2n) is 8.75. The molecule has 166 valence electrons. The molecule has 31 heavy (non-hydrogen) atoms. The lowest BCUT2D eigenvalue weighted by Crippen LogP contribution is -2.54. The van der Waals surface area contributed by atoms with Crippen LogP contribution in [0.3, 0.4) is 0 Å². The van der Waals surface area contributed by atoms with E-state index < -0.39 is 29.1 Å². The molecule has 0 bridgehead atoms. The molecule has 2 aromatic rings. The molecule has 0 unspecified atom stereocenters. The van der Waals surface area contributed by atoms with Crippen molar-refractivity contribution in [3.63, 3.8) is 0 Å². The molecule has 1 N–H and O–H groups in total. The maximum Gasteiger partial charge on any atom is 0.416 e. The quantitative estimate of drug-likeness (QED) is 0.678. The van der Waals surface area contributed by atoms with Gasteiger partial charge in [-0.15, -0.1) is 0 Å². The van der Waals surface area contributed by atoms with Crippen molar-refractivity contribution in [3.8, 4) is 0 Å². The van der Waals surface area contributed by atoms with E-state index in [1.807, 2.05) is 32.3 Å². The van der Waals surface area contributed by atoms with Gasteiger partial charge in [0.1, 0.15) is 5.82 Å². The van der Waals surface area contributed by atoms with Crippen LogP contribution in [0.1, 0.15) is 36.8 Å². The summed E-state index contributed by atoms with van der Waals surface area (Å²) in [6.45, 7) is 0.229. The SMILES string of the molecule is CN(C)[C@]1(c2ccccc2)CC[C@@]2(CC1)CN(c1ccc(C(F)(F)F)cc1F)C(=O)N2. The van der Waals surface area contributed by atoms with Gasteiger partial charge in [-0.2, -0.15) is 13.2 Å². The van der Waals surface area contributed by atoms with Crippen LogP contribution in [0.4, 0.5) is 28.0 Å².